The van der Waals surface area contributed by atoms with Crippen LogP contribution >= 0.6 is 0 Å². The molecule has 1 aromatic rings. The van der Waals surface area contributed by atoms with Crippen molar-refractivity contribution in [3.63, 3.8) is 0 Å². The first-order valence-electron chi connectivity index (χ1n) is 6.41. The van der Waals surface area contributed by atoms with Gasteiger partial charge in [-0.2, -0.15) is 0 Å². The largest absolute Gasteiger partial charge is 0.446 e. The zero-order valence-electron chi connectivity index (χ0n) is 10.8. The van der Waals surface area contributed by atoms with E-state index in [4.69, 9.17) is 9.15 Å². The molecule has 0 unspecified atom stereocenters. The van der Waals surface area contributed by atoms with Crippen molar-refractivity contribution in [1.82, 2.24) is 10.3 Å². The van der Waals surface area contributed by atoms with E-state index < -0.39 is 0 Å². The summed E-state index contributed by atoms with van der Waals surface area (Å²) in [7, 11) is 3.75. The van der Waals surface area contributed by atoms with Gasteiger partial charge in [-0.1, -0.05) is 0 Å². The predicted octanol–water partition coefficient (Wildman–Crippen LogP) is 1.94. The Morgan fingerprint density at radius 3 is 2.94 bits per heavy atom. The van der Waals surface area contributed by atoms with Gasteiger partial charge < -0.3 is 14.5 Å². The van der Waals surface area contributed by atoms with E-state index in [1.54, 1.807) is 7.11 Å². The molecule has 4 nitrogen and oxygen atoms in total. The number of oxazole rings is 1. The van der Waals surface area contributed by atoms with E-state index in [0.717, 1.165) is 50.3 Å². The van der Waals surface area contributed by atoms with Gasteiger partial charge in [0.1, 0.15) is 5.76 Å². The molecular weight excluding hydrogens is 216 g/mol. The Morgan fingerprint density at radius 2 is 2.35 bits per heavy atom. The van der Waals surface area contributed by atoms with Crippen molar-refractivity contribution in [1.29, 1.82) is 0 Å². The van der Waals surface area contributed by atoms with E-state index in [9.17, 15) is 0 Å². The summed E-state index contributed by atoms with van der Waals surface area (Å²) in [5, 5.41) is 3.12. The van der Waals surface area contributed by atoms with Crippen molar-refractivity contribution in [2.75, 3.05) is 20.7 Å². The van der Waals surface area contributed by atoms with Crippen molar-refractivity contribution in [3.8, 4) is 0 Å². The van der Waals surface area contributed by atoms with Crippen LogP contribution in [0.15, 0.2) is 10.6 Å². The third kappa shape index (κ3) is 3.07. The average molecular weight is 238 g/mol. The van der Waals surface area contributed by atoms with Gasteiger partial charge in [-0.3, -0.25) is 0 Å². The number of aryl methyl sites for hydroxylation is 1. The maximum Gasteiger partial charge on any atom is 0.194 e. The molecule has 0 aliphatic heterocycles. The van der Waals surface area contributed by atoms with Gasteiger partial charge in [0.15, 0.2) is 5.89 Å². The highest BCUT2D eigenvalue weighted by atomic mass is 16.5. The highest BCUT2D eigenvalue weighted by Crippen LogP contribution is 2.38. The lowest BCUT2D eigenvalue weighted by molar-refractivity contribution is -0.0738. The molecule has 0 amide bonds. The first-order valence-corrected chi connectivity index (χ1v) is 6.41. The van der Waals surface area contributed by atoms with Crippen molar-refractivity contribution < 1.29 is 9.15 Å². The second-order valence-electron chi connectivity index (χ2n) is 4.84. The summed E-state index contributed by atoms with van der Waals surface area (Å²) in [6.07, 6.45) is 8.22. The van der Waals surface area contributed by atoms with Gasteiger partial charge in [0.05, 0.1) is 11.8 Å². The van der Waals surface area contributed by atoms with Crippen LogP contribution in [0.5, 0.6) is 0 Å². The second-order valence-corrected chi connectivity index (χ2v) is 4.84. The minimum Gasteiger partial charge on any atom is -0.446 e. The molecule has 1 heterocycles. The number of nitrogens with zero attached hydrogens (tertiary/aromatic N) is 1. The summed E-state index contributed by atoms with van der Waals surface area (Å²) in [4.78, 5) is 4.31. The summed E-state index contributed by atoms with van der Waals surface area (Å²) < 4.78 is 11.3. The van der Waals surface area contributed by atoms with Crippen LogP contribution in [0.3, 0.4) is 0 Å². The highest BCUT2D eigenvalue weighted by molar-refractivity contribution is 5.03. The van der Waals surface area contributed by atoms with E-state index in [0.29, 0.717) is 0 Å². The summed E-state index contributed by atoms with van der Waals surface area (Å²) >= 11 is 0. The molecule has 0 radical (unpaired) electrons. The monoisotopic (exact) mass is 238 g/mol. The average Bonchev–Trinajstić information content (AvgIpc) is 2.72. The minimum atomic E-state index is 0.0295. The van der Waals surface area contributed by atoms with Crippen LogP contribution in [-0.2, 0) is 17.6 Å². The fraction of sp³-hybridized carbons (Fsp3) is 0.769. The SMILES string of the molecule is CNCCCc1ncc(CC2(OC)CCC2)o1. The van der Waals surface area contributed by atoms with Crippen LogP contribution in [-0.4, -0.2) is 31.3 Å². The van der Waals surface area contributed by atoms with Crippen LogP contribution in [0.2, 0.25) is 0 Å². The smallest absolute Gasteiger partial charge is 0.194 e. The van der Waals surface area contributed by atoms with Gasteiger partial charge in [-0.15, -0.1) is 0 Å². The Labute approximate surface area is 103 Å². The van der Waals surface area contributed by atoms with Crippen LogP contribution in [0.25, 0.3) is 0 Å². The zero-order valence-corrected chi connectivity index (χ0v) is 10.8. The molecule has 0 saturated heterocycles. The zero-order chi connectivity index (χ0) is 12.1. The predicted molar refractivity (Wildman–Crippen MR) is 66.0 cm³/mol. The Balaban J connectivity index is 1.85. The lowest BCUT2D eigenvalue weighted by Crippen LogP contribution is -2.41. The third-order valence-electron chi connectivity index (χ3n) is 3.61. The minimum absolute atomic E-state index is 0.0295. The van der Waals surface area contributed by atoms with Crippen molar-refractivity contribution in [3.05, 3.63) is 17.8 Å². The van der Waals surface area contributed by atoms with E-state index >= 15 is 0 Å². The molecule has 4 heteroatoms. The molecule has 1 N–H and O–H groups in total. The molecule has 0 aromatic carbocycles. The molecule has 1 aliphatic rings. The number of nitrogens with one attached hydrogen (secondary N) is 1. The maximum absolute atomic E-state index is 5.74. The topological polar surface area (TPSA) is 47.3 Å². The van der Waals surface area contributed by atoms with E-state index in [1.807, 2.05) is 13.2 Å². The molecular formula is C13H22N2O2. The molecule has 2 rings (SSSR count). The number of hydrogen-bond donors (Lipinski definition) is 1. The molecule has 17 heavy (non-hydrogen) atoms. The summed E-state index contributed by atoms with van der Waals surface area (Å²) in [6, 6.07) is 0. The first kappa shape index (κ1) is 12.6. The molecule has 1 fully saturated rings. The maximum atomic E-state index is 5.74. The molecule has 1 saturated carbocycles. The normalized spacial score (nSPS) is 18.0. The van der Waals surface area contributed by atoms with Gasteiger partial charge in [0, 0.05) is 20.0 Å². The van der Waals surface area contributed by atoms with Gasteiger partial charge in [0.25, 0.3) is 0 Å². The summed E-state index contributed by atoms with van der Waals surface area (Å²) in [5.74, 6) is 1.81. The van der Waals surface area contributed by atoms with Gasteiger partial charge in [-0.05, 0) is 39.3 Å². The van der Waals surface area contributed by atoms with E-state index in [2.05, 4.69) is 10.3 Å². The number of rotatable bonds is 7. The molecule has 0 spiro atoms. The van der Waals surface area contributed by atoms with E-state index in [-0.39, 0.29) is 5.60 Å². The molecule has 1 aliphatic carbocycles. The van der Waals surface area contributed by atoms with Crippen LogP contribution < -0.4 is 5.32 Å². The van der Waals surface area contributed by atoms with Crippen LogP contribution in [0, 0.1) is 0 Å². The number of hydrogen-bond acceptors (Lipinski definition) is 4. The number of aromatic nitrogens is 1. The fourth-order valence-electron chi connectivity index (χ4n) is 2.30. The first-order chi connectivity index (χ1) is 8.28. The number of ether oxygens (including phenoxy) is 1. The molecule has 1 aromatic heterocycles. The lowest BCUT2D eigenvalue weighted by Gasteiger charge is -2.39. The van der Waals surface area contributed by atoms with Crippen LogP contribution in [0.1, 0.15) is 37.3 Å². The highest BCUT2D eigenvalue weighted by Gasteiger charge is 2.38. The third-order valence-corrected chi connectivity index (χ3v) is 3.61. The Bertz CT molecular complexity index is 339. The van der Waals surface area contributed by atoms with Crippen molar-refractivity contribution in [2.45, 2.75) is 44.1 Å². The number of methoxy groups -OCH3 is 1. The lowest BCUT2D eigenvalue weighted by atomic mass is 9.77. The Kier molecular flexibility index (Phi) is 4.18. The fourth-order valence-corrected chi connectivity index (χ4v) is 2.30. The quantitative estimate of drug-likeness (QED) is 0.737. The van der Waals surface area contributed by atoms with Crippen molar-refractivity contribution in [2.24, 2.45) is 0 Å². The van der Waals surface area contributed by atoms with Gasteiger partial charge in [-0.25, -0.2) is 4.98 Å². The Hall–Kier alpha value is -0.870. The molecule has 0 bridgehead atoms. The van der Waals surface area contributed by atoms with Crippen molar-refractivity contribution >= 4 is 0 Å². The molecule has 0 atom stereocenters. The summed E-state index contributed by atoms with van der Waals surface area (Å²) in [5.41, 5.74) is 0.0295. The van der Waals surface area contributed by atoms with Crippen LogP contribution in [0.4, 0.5) is 0 Å². The standard InChI is InChI=1S/C13H22N2O2/c1-14-8-3-5-12-15-10-11(17-12)9-13(16-2)6-4-7-13/h10,14H,3-9H2,1-2H3. The van der Waals surface area contributed by atoms with Gasteiger partial charge in [0.2, 0.25) is 0 Å². The second kappa shape index (κ2) is 5.65. The summed E-state index contributed by atoms with van der Waals surface area (Å²) in [6.45, 7) is 1.000. The van der Waals surface area contributed by atoms with E-state index in [1.165, 1.54) is 6.42 Å². The molecule has 96 valence electrons. The Morgan fingerprint density at radius 1 is 1.53 bits per heavy atom. The van der Waals surface area contributed by atoms with Gasteiger partial charge >= 0.3 is 0 Å².